The second-order valence-electron chi connectivity index (χ2n) is 5.19. The molecular formula is C15H16N4O2. The average molecular weight is 284 g/mol. The number of nitrogens with zero attached hydrogens (tertiary/aromatic N) is 3. The zero-order valence-electron chi connectivity index (χ0n) is 11.8. The van der Waals surface area contributed by atoms with Crippen molar-refractivity contribution in [2.45, 2.75) is 25.4 Å². The molecule has 21 heavy (non-hydrogen) atoms. The zero-order valence-corrected chi connectivity index (χ0v) is 11.8. The number of nitrogens with one attached hydrogen (secondary N) is 1. The van der Waals surface area contributed by atoms with Crippen LogP contribution in [-0.2, 0) is 12.0 Å². The molecule has 108 valence electrons. The molecule has 0 saturated carbocycles. The number of para-hydroxylation sites is 1. The van der Waals surface area contributed by atoms with Crippen molar-refractivity contribution in [3.8, 4) is 11.8 Å². The van der Waals surface area contributed by atoms with E-state index in [0.29, 0.717) is 24.7 Å². The fraction of sp³-hybridized carbons (Fsp3) is 0.400. The lowest BCUT2D eigenvalue weighted by Crippen LogP contribution is -2.27. The van der Waals surface area contributed by atoms with Gasteiger partial charge >= 0.3 is 0 Å². The fourth-order valence-electron chi connectivity index (χ4n) is 2.39. The van der Waals surface area contributed by atoms with Gasteiger partial charge in [-0.15, -0.1) is 0 Å². The first-order valence-electron chi connectivity index (χ1n) is 6.87. The highest BCUT2D eigenvalue weighted by molar-refractivity contribution is 5.31. The molecule has 2 heterocycles. The van der Waals surface area contributed by atoms with Crippen LogP contribution in [0.5, 0.6) is 5.75 Å². The number of aromatic nitrogens is 2. The predicted molar refractivity (Wildman–Crippen MR) is 74.6 cm³/mol. The van der Waals surface area contributed by atoms with Gasteiger partial charge in [0.2, 0.25) is 11.7 Å². The maximum Gasteiger partial charge on any atom is 0.248 e. The van der Waals surface area contributed by atoms with Crippen LogP contribution in [0.2, 0.25) is 0 Å². The molecule has 1 unspecified atom stereocenters. The van der Waals surface area contributed by atoms with Crippen molar-refractivity contribution in [3.63, 3.8) is 0 Å². The van der Waals surface area contributed by atoms with Crippen molar-refractivity contribution in [2.75, 3.05) is 13.1 Å². The van der Waals surface area contributed by atoms with Crippen molar-refractivity contribution < 1.29 is 9.26 Å². The van der Waals surface area contributed by atoms with Gasteiger partial charge in [0.15, 0.2) is 6.61 Å². The quantitative estimate of drug-likeness (QED) is 0.920. The Bertz CT molecular complexity index is 668. The van der Waals surface area contributed by atoms with E-state index >= 15 is 0 Å². The summed E-state index contributed by atoms with van der Waals surface area (Å²) < 4.78 is 10.9. The highest BCUT2D eigenvalue weighted by atomic mass is 16.5. The summed E-state index contributed by atoms with van der Waals surface area (Å²) >= 11 is 0. The van der Waals surface area contributed by atoms with Crippen LogP contribution in [0.3, 0.4) is 0 Å². The van der Waals surface area contributed by atoms with Gasteiger partial charge < -0.3 is 14.6 Å². The number of rotatable bonds is 4. The normalized spacial score (nSPS) is 21.1. The van der Waals surface area contributed by atoms with Crippen molar-refractivity contribution in [1.29, 1.82) is 5.26 Å². The molecule has 2 aromatic rings. The van der Waals surface area contributed by atoms with Gasteiger partial charge in [0.05, 0.1) is 6.07 Å². The van der Waals surface area contributed by atoms with Gasteiger partial charge in [-0.05, 0) is 31.5 Å². The number of benzene rings is 1. The molecule has 1 aliphatic heterocycles. The first kappa shape index (κ1) is 13.6. The van der Waals surface area contributed by atoms with E-state index in [1.165, 1.54) is 0 Å². The molecule has 1 saturated heterocycles. The lowest BCUT2D eigenvalue weighted by Gasteiger charge is -2.12. The maximum absolute atomic E-state index is 9.37. The van der Waals surface area contributed by atoms with Crippen LogP contribution in [0.4, 0.5) is 0 Å². The van der Waals surface area contributed by atoms with Gasteiger partial charge in [-0.3, -0.25) is 0 Å². The largest absolute Gasteiger partial charge is 0.485 e. The molecule has 0 bridgehead atoms. The summed E-state index contributed by atoms with van der Waals surface area (Å²) in [7, 11) is 0. The molecule has 1 aliphatic rings. The van der Waals surface area contributed by atoms with Crippen LogP contribution in [-0.4, -0.2) is 23.2 Å². The molecule has 0 amide bonds. The number of nitriles is 1. The second kappa shape index (κ2) is 5.54. The van der Waals surface area contributed by atoms with E-state index in [2.05, 4.69) is 21.5 Å². The van der Waals surface area contributed by atoms with Crippen LogP contribution >= 0.6 is 0 Å². The first-order chi connectivity index (χ1) is 10.2. The number of hydrogen-bond acceptors (Lipinski definition) is 6. The fourth-order valence-corrected chi connectivity index (χ4v) is 2.39. The summed E-state index contributed by atoms with van der Waals surface area (Å²) in [6.07, 6.45) is 0.684. The monoisotopic (exact) mass is 284 g/mol. The number of ether oxygens (including phenoxy) is 1. The third-order valence-corrected chi connectivity index (χ3v) is 3.70. The Kier molecular flexibility index (Phi) is 3.59. The van der Waals surface area contributed by atoms with Crippen LogP contribution in [0.25, 0.3) is 0 Å². The Hall–Kier alpha value is -2.39. The van der Waals surface area contributed by atoms with Crippen LogP contribution in [0, 0.1) is 18.3 Å². The smallest absolute Gasteiger partial charge is 0.248 e. The number of aryl methyl sites for hydroxylation is 1. The molecule has 1 aromatic heterocycles. The Morgan fingerprint density at radius 2 is 2.33 bits per heavy atom. The Balaban J connectivity index is 1.71. The highest BCUT2D eigenvalue weighted by Crippen LogP contribution is 2.28. The minimum absolute atomic E-state index is 0.225. The van der Waals surface area contributed by atoms with E-state index in [-0.39, 0.29) is 6.61 Å². The number of hydrogen-bond donors (Lipinski definition) is 1. The van der Waals surface area contributed by atoms with Crippen molar-refractivity contribution in [1.82, 2.24) is 15.5 Å². The average Bonchev–Trinajstić information content (AvgIpc) is 3.16. The molecule has 6 heteroatoms. The van der Waals surface area contributed by atoms with Crippen LogP contribution < -0.4 is 10.1 Å². The minimum atomic E-state index is -0.700. The van der Waals surface area contributed by atoms with Gasteiger partial charge in [0, 0.05) is 6.54 Å². The maximum atomic E-state index is 9.37. The third kappa shape index (κ3) is 2.60. The van der Waals surface area contributed by atoms with Gasteiger partial charge in [0.1, 0.15) is 11.2 Å². The topological polar surface area (TPSA) is 84.0 Å². The highest BCUT2D eigenvalue weighted by Gasteiger charge is 2.41. The van der Waals surface area contributed by atoms with E-state index < -0.39 is 5.41 Å². The summed E-state index contributed by atoms with van der Waals surface area (Å²) in [4.78, 5) is 4.31. The summed E-state index contributed by atoms with van der Waals surface area (Å²) in [6.45, 7) is 3.53. The van der Waals surface area contributed by atoms with Crippen LogP contribution in [0.1, 0.15) is 23.7 Å². The molecule has 0 aliphatic carbocycles. The molecule has 1 aromatic carbocycles. The standard InChI is InChI=1S/C15H16N4O2/c1-11-4-2-3-5-12(11)20-8-13-18-14(21-19-13)15(9-16)6-7-17-10-15/h2-5,17H,6-8,10H2,1H3. The molecule has 1 fully saturated rings. The van der Waals surface area contributed by atoms with Gasteiger partial charge in [-0.2, -0.15) is 10.2 Å². The third-order valence-electron chi connectivity index (χ3n) is 3.70. The minimum Gasteiger partial charge on any atom is -0.485 e. The van der Waals surface area contributed by atoms with Gasteiger partial charge in [-0.25, -0.2) is 0 Å². The van der Waals surface area contributed by atoms with Gasteiger partial charge in [-0.1, -0.05) is 23.4 Å². The SMILES string of the molecule is Cc1ccccc1OCc1noc(C2(C#N)CCNC2)n1. The van der Waals surface area contributed by atoms with E-state index in [1.54, 1.807) is 0 Å². The van der Waals surface area contributed by atoms with Crippen molar-refractivity contribution in [3.05, 3.63) is 41.5 Å². The predicted octanol–water partition coefficient (Wildman–Crippen LogP) is 1.71. The lowest BCUT2D eigenvalue weighted by atomic mass is 9.89. The second-order valence-corrected chi connectivity index (χ2v) is 5.19. The lowest BCUT2D eigenvalue weighted by molar-refractivity contribution is 0.280. The zero-order chi connectivity index (χ0) is 14.7. The molecular weight excluding hydrogens is 268 g/mol. The van der Waals surface area contributed by atoms with E-state index in [4.69, 9.17) is 9.26 Å². The molecule has 0 spiro atoms. The Morgan fingerprint density at radius 3 is 3.05 bits per heavy atom. The molecule has 3 rings (SSSR count). The molecule has 1 atom stereocenters. The summed E-state index contributed by atoms with van der Waals surface area (Å²) in [5.74, 6) is 1.62. The van der Waals surface area contributed by atoms with E-state index in [0.717, 1.165) is 17.9 Å². The van der Waals surface area contributed by atoms with Crippen molar-refractivity contribution in [2.24, 2.45) is 0 Å². The van der Waals surface area contributed by atoms with Crippen molar-refractivity contribution >= 4 is 0 Å². The van der Waals surface area contributed by atoms with E-state index in [9.17, 15) is 5.26 Å². The van der Waals surface area contributed by atoms with E-state index in [1.807, 2.05) is 31.2 Å². The summed E-state index contributed by atoms with van der Waals surface area (Å²) in [6, 6.07) is 10.0. The molecule has 1 N–H and O–H groups in total. The molecule has 6 nitrogen and oxygen atoms in total. The van der Waals surface area contributed by atoms with Gasteiger partial charge in [0.25, 0.3) is 0 Å². The summed E-state index contributed by atoms with van der Waals surface area (Å²) in [5.41, 5.74) is 0.350. The van der Waals surface area contributed by atoms with Crippen LogP contribution in [0.15, 0.2) is 28.8 Å². The molecule has 0 radical (unpaired) electrons. The first-order valence-corrected chi connectivity index (χ1v) is 6.87. The summed E-state index contributed by atoms with van der Waals surface area (Å²) in [5, 5.41) is 16.4. The Morgan fingerprint density at radius 1 is 1.48 bits per heavy atom. The Labute approximate surface area is 122 Å².